The molecule has 0 saturated heterocycles. The quantitative estimate of drug-likeness (QED) is 0.785. The van der Waals surface area contributed by atoms with E-state index in [1.165, 1.54) is 19.1 Å². The van der Waals surface area contributed by atoms with Crippen LogP contribution < -0.4 is 4.74 Å². The maximum Gasteiger partial charge on any atom is 0.317 e. The minimum Gasteiger partial charge on any atom is -0.491 e. The minimum absolute atomic E-state index is 0.0280. The lowest BCUT2D eigenvalue weighted by atomic mass is 9.79. The first kappa shape index (κ1) is 18.4. The van der Waals surface area contributed by atoms with Gasteiger partial charge < -0.3 is 14.6 Å². The van der Waals surface area contributed by atoms with Gasteiger partial charge in [-0.3, -0.25) is 4.79 Å². The Morgan fingerprint density at radius 2 is 1.82 bits per heavy atom. The average molecular weight is 316 g/mol. The van der Waals surface area contributed by atoms with Crippen molar-refractivity contribution >= 4 is 5.97 Å². The number of hydrogen-bond acceptors (Lipinski definition) is 4. The maximum absolute atomic E-state index is 13.3. The summed E-state index contributed by atoms with van der Waals surface area (Å²) in [4.78, 5) is 11.7. The third kappa shape index (κ3) is 3.94. The van der Waals surface area contributed by atoms with Crippen molar-refractivity contribution in [1.29, 1.82) is 0 Å². The predicted octanol–water partition coefficient (Wildman–Crippen LogP) is 3.13. The molecule has 0 saturated carbocycles. The Kier molecular flexibility index (Phi) is 6.29. The molecule has 0 aliphatic heterocycles. The zero-order chi connectivity index (χ0) is 16.9. The summed E-state index contributed by atoms with van der Waals surface area (Å²) in [6.45, 7) is 5.26. The Morgan fingerprint density at radius 1 is 1.27 bits per heavy atom. The largest absolute Gasteiger partial charge is 0.491 e. The molecule has 0 heterocycles. The third-order valence-electron chi connectivity index (χ3n) is 3.49. The van der Waals surface area contributed by atoms with Crippen molar-refractivity contribution in [1.82, 2.24) is 0 Å². The van der Waals surface area contributed by atoms with Gasteiger partial charge in [-0.1, -0.05) is 19.1 Å². The smallest absolute Gasteiger partial charge is 0.317 e. The number of carbonyl (C=O) groups is 1. The van der Waals surface area contributed by atoms with Crippen molar-refractivity contribution in [3.8, 4) is 5.75 Å². The van der Waals surface area contributed by atoms with Crippen LogP contribution in [0, 0.1) is 5.92 Å². The fraction of sp³-hybridized carbons (Fsp3) is 0.562. The molecule has 6 heteroatoms. The number of ether oxygens (including phenoxy) is 2. The van der Waals surface area contributed by atoms with Crippen molar-refractivity contribution in [3.63, 3.8) is 0 Å². The summed E-state index contributed by atoms with van der Waals surface area (Å²) in [6, 6.07) is 6.13. The van der Waals surface area contributed by atoms with Crippen LogP contribution in [0.25, 0.3) is 0 Å². The number of alkyl halides is 2. The number of halogens is 2. The van der Waals surface area contributed by atoms with Gasteiger partial charge in [0.15, 0.2) is 5.92 Å². The Balaban J connectivity index is 3.18. The monoisotopic (exact) mass is 316 g/mol. The first-order valence-corrected chi connectivity index (χ1v) is 7.11. The lowest BCUT2D eigenvalue weighted by Gasteiger charge is -2.33. The summed E-state index contributed by atoms with van der Waals surface area (Å²) >= 11 is 0. The van der Waals surface area contributed by atoms with E-state index in [4.69, 9.17) is 4.74 Å². The highest BCUT2D eigenvalue weighted by atomic mass is 19.3. The number of benzene rings is 1. The molecule has 2 atom stereocenters. The molecule has 2 unspecified atom stereocenters. The van der Waals surface area contributed by atoms with Gasteiger partial charge in [-0.2, -0.15) is 0 Å². The van der Waals surface area contributed by atoms with Crippen LogP contribution in [0.4, 0.5) is 8.78 Å². The molecule has 4 nitrogen and oxygen atoms in total. The molecular weight excluding hydrogens is 294 g/mol. The Bertz CT molecular complexity index is 487. The summed E-state index contributed by atoms with van der Waals surface area (Å²) < 4.78 is 36.4. The second kappa shape index (κ2) is 7.54. The molecule has 1 aromatic carbocycles. The van der Waals surface area contributed by atoms with E-state index in [1.54, 1.807) is 12.1 Å². The standard InChI is InChI=1S/C16H22F2O4/c1-5-16(20,13(14(17)18)15(19)21-4)11-6-8-12(9-7-11)22-10(2)3/h6-10,13-14,20H,5H2,1-4H3. The van der Waals surface area contributed by atoms with E-state index < -0.39 is 23.9 Å². The van der Waals surface area contributed by atoms with Crippen molar-refractivity contribution < 1.29 is 28.2 Å². The highest BCUT2D eigenvalue weighted by Gasteiger charge is 2.48. The molecular formula is C16H22F2O4. The van der Waals surface area contributed by atoms with Crippen LogP contribution in [0.15, 0.2) is 24.3 Å². The first-order valence-electron chi connectivity index (χ1n) is 7.11. The van der Waals surface area contributed by atoms with E-state index in [1.807, 2.05) is 13.8 Å². The molecule has 0 aromatic heterocycles. The molecule has 0 spiro atoms. The summed E-state index contributed by atoms with van der Waals surface area (Å²) in [5.41, 5.74) is -1.78. The molecule has 1 aromatic rings. The van der Waals surface area contributed by atoms with Gasteiger partial charge in [0.2, 0.25) is 0 Å². The predicted molar refractivity (Wildman–Crippen MR) is 77.9 cm³/mol. The normalized spacial score (nSPS) is 15.5. The van der Waals surface area contributed by atoms with Gasteiger partial charge in [0, 0.05) is 0 Å². The maximum atomic E-state index is 13.3. The topological polar surface area (TPSA) is 55.8 Å². The average Bonchev–Trinajstić information content (AvgIpc) is 2.46. The van der Waals surface area contributed by atoms with Crippen molar-refractivity contribution in [3.05, 3.63) is 29.8 Å². The van der Waals surface area contributed by atoms with E-state index in [2.05, 4.69) is 4.74 Å². The second-order valence-corrected chi connectivity index (χ2v) is 5.30. The van der Waals surface area contributed by atoms with E-state index in [0.717, 1.165) is 7.11 Å². The van der Waals surface area contributed by atoms with Crippen LogP contribution in [-0.2, 0) is 15.1 Å². The van der Waals surface area contributed by atoms with Gasteiger partial charge >= 0.3 is 5.97 Å². The van der Waals surface area contributed by atoms with Crippen molar-refractivity contribution in [2.45, 2.75) is 45.3 Å². The van der Waals surface area contributed by atoms with Crippen LogP contribution in [0.1, 0.15) is 32.8 Å². The van der Waals surface area contributed by atoms with Gasteiger partial charge in [0.05, 0.1) is 13.2 Å². The minimum atomic E-state index is -3.04. The Labute approximate surface area is 129 Å². The van der Waals surface area contributed by atoms with E-state index in [9.17, 15) is 18.7 Å². The Morgan fingerprint density at radius 3 is 2.18 bits per heavy atom. The number of carbonyl (C=O) groups excluding carboxylic acids is 1. The molecule has 0 aliphatic carbocycles. The van der Waals surface area contributed by atoms with E-state index in [0.29, 0.717) is 5.75 Å². The number of hydrogen-bond donors (Lipinski definition) is 1. The van der Waals surface area contributed by atoms with Gasteiger partial charge in [-0.25, -0.2) is 8.78 Å². The molecule has 1 rings (SSSR count). The third-order valence-corrected chi connectivity index (χ3v) is 3.49. The SMILES string of the molecule is CCC(O)(c1ccc(OC(C)C)cc1)C(C(=O)OC)C(F)F. The molecule has 0 radical (unpaired) electrons. The zero-order valence-electron chi connectivity index (χ0n) is 13.2. The molecule has 0 amide bonds. The number of methoxy groups -OCH3 is 1. The van der Waals surface area contributed by atoms with E-state index >= 15 is 0 Å². The fourth-order valence-corrected chi connectivity index (χ4v) is 2.33. The molecule has 0 aliphatic rings. The van der Waals surface area contributed by atoms with Gasteiger partial charge in [-0.15, -0.1) is 0 Å². The number of rotatable bonds is 7. The summed E-state index contributed by atoms with van der Waals surface area (Å²) in [7, 11) is 1.02. The van der Waals surface area contributed by atoms with Crippen LogP contribution in [0.3, 0.4) is 0 Å². The second-order valence-electron chi connectivity index (χ2n) is 5.30. The fourth-order valence-electron chi connectivity index (χ4n) is 2.33. The summed E-state index contributed by atoms with van der Waals surface area (Å²) in [6.07, 6.45) is -3.12. The van der Waals surface area contributed by atoms with E-state index in [-0.39, 0.29) is 18.1 Å². The Hall–Kier alpha value is -1.69. The molecule has 0 bridgehead atoms. The lowest BCUT2D eigenvalue weighted by Crippen LogP contribution is -2.44. The highest BCUT2D eigenvalue weighted by Crippen LogP contribution is 2.38. The van der Waals surface area contributed by atoms with Crippen LogP contribution in [0.2, 0.25) is 0 Å². The lowest BCUT2D eigenvalue weighted by molar-refractivity contribution is -0.170. The van der Waals surface area contributed by atoms with Crippen LogP contribution in [-0.4, -0.2) is 30.7 Å². The molecule has 124 valence electrons. The van der Waals surface area contributed by atoms with Crippen LogP contribution >= 0.6 is 0 Å². The summed E-state index contributed by atoms with van der Waals surface area (Å²) in [5.74, 6) is -2.52. The highest BCUT2D eigenvalue weighted by molar-refractivity contribution is 5.74. The van der Waals surface area contributed by atoms with Gasteiger partial charge in [-0.05, 0) is 38.0 Å². The van der Waals surface area contributed by atoms with Crippen molar-refractivity contribution in [2.24, 2.45) is 5.92 Å². The molecule has 1 N–H and O–H groups in total. The number of esters is 1. The number of aliphatic hydroxyl groups is 1. The first-order chi connectivity index (χ1) is 10.3. The zero-order valence-corrected chi connectivity index (χ0v) is 13.2. The summed E-state index contributed by atoms with van der Waals surface area (Å²) in [5, 5.41) is 10.7. The van der Waals surface area contributed by atoms with Gasteiger partial charge in [0.1, 0.15) is 11.4 Å². The van der Waals surface area contributed by atoms with Crippen molar-refractivity contribution in [2.75, 3.05) is 7.11 Å². The van der Waals surface area contributed by atoms with Gasteiger partial charge in [0.25, 0.3) is 6.43 Å². The molecule has 22 heavy (non-hydrogen) atoms. The van der Waals surface area contributed by atoms with Crippen LogP contribution in [0.5, 0.6) is 5.75 Å². The molecule has 0 fully saturated rings.